The van der Waals surface area contributed by atoms with Crippen LogP contribution in [0.1, 0.15) is 0 Å². The highest BCUT2D eigenvalue weighted by molar-refractivity contribution is 7.27. The number of fused-ring (bicyclic) bond motifs is 11. The molecule has 51 heavy (non-hydrogen) atoms. The first-order valence-corrected chi connectivity index (χ1v) is 18.3. The smallest absolute Gasteiger partial charge is 0.0640 e. The van der Waals surface area contributed by atoms with E-state index in [0.29, 0.717) is 0 Å². The lowest BCUT2D eigenvalue weighted by Gasteiger charge is -2.26. The highest BCUT2D eigenvalue weighted by Crippen LogP contribution is 2.47. The van der Waals surface area contributed by atoms with Gasteiger partial charge < -0.3 is 9.47 Å². The monoisotopic (exact) mass is 666 g/mol. The maximum Gasteiger partial charge on any atom is 0.0640 e. The fraction of sp³-hybridized carbons (Fsp3) is 0. The molecular weight excluding hydrogens is 637 g/mol. The van der Waals surface area contributed by atoms with Crippen LogP contribution < -0.4 is 4.90 Å². The minimum absolute atomic E-state index is 1.13. The summed E-state index contributed by atoms with van der Waals surface area (Å²) in [6.07, 6.45) is 0. The number of para-hydroxylation sites is 1. The molecule has 0 aliphatic rings. The largest absolute Gasteiger partial charge is 0.309 e. The maximum atomic E-state index is 2.47. The number of thiophene rings is 1. The van der Waals surface area contributed by atoms with Gasteiger partial charge in [-0.25, -0.2) is 0 Å². The maximum absolute atomic E-state index is 2.47. The average molecular weight is 667 g/mol. The van der Waals surface area contributed by atoms with E-state index in [1.807, 2.05) is 11.3 Å². The minimum atomic E-state index is 1.13. The zero-order valence-electron chi connectivity index (χ0n) is 27.6. The van der Waals surface area contributed by atoms with Gasteiger partial charge in [0.2, 0.25) is 0 Å². The summed E-state index contributed by atoms with van der Waals surface area (Å²) < 4.78 is 5.09. The van der Waals surface area contributed by atoms with E-state index in [9.17, 15) is 0 Å². The van der Waals surface area contributed by atoms with Crippen molar-refractivity contribution in [1.29, 1.82) is 0 Å². The van der Waals surface area contributed by atoms with Gasteiger partial charge in [0.1, 0.15) is 0 Å². The third kappa shape index (κ3) is 4.29. The van der Waals surface area contributed by atoms with Crippen molar-refractivity contribution in [2.75, 3.05) is 4.90 Å². The van der Waals surface area contributed by atoms with Crippen molar-refractivity contribution >= 4 is 103 Å². The first kappa shape index (κ1) is 28.4. The lowest BCUT2D eigenvalue weighted by Crippen LogP contribution is -2.10. The van der Waals surface area contributed by atoms with Crippen molar-refractivity contribution in [1.82, 2.24) is 4.57 Å². The summed E-state index contributed by atoms with van der Waals surface area (Å²) in [5.74, 6) is 0. The van der Waals surface area contributed by atoms with Gasteiger partial charge in [-0.2, -0.15) is 0 Å². The molecule has 0 atom stereocenters. The summed E-state index contributed by atoms with van der Waals surface area (Å²) in [6, 6.07) is 66.7. The van der Waals surface area contributed by atoms with Gasteiger partial charge in [-0.1, -0.05) is 133 Å². The number of rotatable bonds is 4. The molecule has 0 fully saturated rings. The zero-order chi connectivity index (χ0) is 33.5. The molecule has 0 N–H and O–H groups in total. The van der Waals surface area contributed by atoms with Crippen molar-refractivity contribution in [2.45, 2.75) is 0 Å². The van der Waals surface area contributed by atoms with E-state index in [0.717, 1.165) is 11.4 Å². The Morgan fingerprint density at radius 2 is 1.02 bits per heavy atom. The molecule has 11 aromatic rings. The van der Waals surface area contributed by atoms with Crippen LogP contribution >= 0.6 is 11.3 Å². The van der Waals surface area contributed by atoms with Crippen molar-refractivity contribution < 1.29 is 0 Å². The van der Waals surface area contributed by atoms with E-state index >= 15 is 0 Å². The summed E-state index contributed by atoms with van der Waals surface area (Å²) >= 11 is 1.90. The SMILES string of the molecule is c1ccc(N(c2ccc3c(c2)c2ccc4ccccc4c2n3-c2ccc3ccccc3c2)c2cccc3c2sc2c4ccccc4ccc32)cc1. The van der Waals surface area contributed by atoms with Gasteiger partial charge >= 0.3 is 0 Å². The number of hydrogen-bond donors (Lipinski definition) is 0. The van der Waals surface area contributed by atoms with Crippen LogP contribution in [0.5, 0.6) is 0 Å². The molecule has 0 saturated heterocycles. The molecule has 0 aliphatic carbocycles. The van der Waals surface area contributed by atoms with Gasteiger partial charge in [0.05, 0.1) is 21.4 Å². The second-order valence-electron chi connectivity index (χ2n) is 13.3. The normalized spacial score (nSPS) is 11.9. The quantitative estimate of drug-likeness (QED) is 0.181. The molecule has 238 valence electrons. The van der Waals surface area contributed by atoms with Crippen LogP contribution in [0, 0.1) is 0 Å². The van der Waals surface area contributed by atoms with Crippen LogP contribution in [0.3, 0.4) is 0 Å². The van der Waals surface area contributed by atoms with Crippen LogP contribution in [0.4, 0.5) is 17.1 Å². The first-order valence-electron chi connectivity index (χ1n) is 17.4. The topological polar surface area (TPSA) is 8.17 Å². The number of hydrogen-bond acceptors (Lipinski definition) is 2. The van der Waals surface area contributed by atoms with E-state index in [1.54, 1.807) is 0 Å². The average Bonchev–Trinajstić information content (AvgIpc) is 3.75. The highest BCUT2D eigenvalue weighted by atomic mass is 32.1. The Hall–Kier alpha value is -6.42. The number of aromatic nitrogens is 1. The van der Waals surface area contributed by atoms with E-state index in [2.05, 4.69) is 191 Å². The molecule has 2 nitrogen and oxygen atoms in total. The van der Waals surface area contributed by atoms with Gasteiger partial charge in [0, 0.05) is 48.7 Å². The second kappa shape index (κ2) is 11.0. The lowest BCUT2D eigenvalue weighted by molar-refractivity contribution is 1.19. The molecule has 0 spiro atoms. The molecule has 9 aromatic carbocycles. The number of anilines is 3. The molecule has 0 amide bonds. The Kier molecular flexibility index (Phi) is 6.16. The Balaban J connectivity index is 1.20. The molecule has 11 rings (SSSR count). The molecule has 0 unspecified atom stereocenters. The summed E-state index contributed by atoms with van der Waals surface area (Å²) in [4.78, 5) is 2.44. The molecule has 2 heterocycles. The zero-order valence-corrected chi connectivity index (χ0v) is 28.4. The van der Waals surface area contributed by atoms with Gasteiger partial charge in [-0.3, -0.25) is 0 Å². The van der Waals surface area contributed by atoms with Crippen molar-refractivity contribution in [3.8, 4) is 5.69 Å². The molecule has 0 radical (unpaired) electrons. The second-order valence-corrected chi connectivity index (χ2v) is 14.4. The Morgan fingerprint density at radius 3 is 1.86 bits per heavy atom. The molecule has 0 bridgehead atoms. The lowest BCUT2D eigenvalue weighted by atomic mass is 10.0. The van der Waals surface area contributed by atoms with Crippen LogP contribution in [-0.4, -0.2) is 4.57 Å². The summed E-state index contributed by atoms with van der Waals surface area (Å²) in [5.41, 5.74) is 7.05. The fourth-order valence-electron chi connectivity index (χ4n) is 8.18. The molecule has 2 aromatic heterocycles. The van der Waals surface area contributed by atoms with E-state index < -0.39 is 0 Å². The Labute approximate surface area is 298 Å². The standard InChI is InChI=1S/C48H30N2S/c1-2-15-35(16-3-1)49(45-20-10-19-41-42-27-23-33-13-7-9-18-39(33)47(42)51-48(41)45)37-25-28-44-43(30-37)40-26-22-32-12-6-8-17-38(32)46(40)50(44)36-24-21-31-11-4-5-14-34(31)29-36/h1-30H. The van der Waals surface area contributed by atoms with Gasteiger partial charge in [0.25, 0.3) is 0 Å². The predicted molar refractivity (Wildman–Crippen MR) is 221 cm³/mol. The first-order chi connectivity index (χ1) is 25.3. The Bertz CT molecular complexity index is 3150. The van der Waals surface area contributed by atoms with Crippen molar-refractivity contribution in [3.63, 3.8) is 0 Å². The highest BCUT2D eigenvalue weighted by Gasteiger charge is 2.21. The van der Waals surface area contributed by atoms with Crippen LogP contribution in [-0.2, 0) is 0 Å². The van der Waals surface area contributed by atoms with Crippen LogP contribution in [0.15, 0.2) is 182 Å². The van der Waals surface area contributed by atoms with Crippen LogP contribution in [0.25, 0.3) is 80.0 Å². The van der Waals surface area contributed by atoms with E-state index in [1.165, 1.54) is 85.7 Å². The fourth-order valence-corrected chi connectivity index (χ4v) is 9.52. The third-order valence-corrected chi connectivity index (χ3v) is 11.8. The Morgan fingerprint density at radius 1 is 0.373 bits per heavy atom. The predicted octanol–water partition coefficient (Wildman–Crippen LogP) is 14.1. The molecular formula is C48H30N2S. The number of benzene rings is 9. The van der Waals surface area contributed by atoms with Crippen LogP contribution in [0.2, 0.25) is 0 Å². The summed E-state index contributed by atoms with van der Waals surface area (Å²) in [7, 11) is 0. The van der Waals surface area contributed by atoms with Gasteiger partial charge in [-0.15, -0.1) is 11.3 Å². The minimum Gasteiger partial charge on any atom is -0.309 e. The molecule has 0 aliphatic heterocycles. The van der Waals surface area contributed by atoms with E-state index in [4.69, 9.17) is 0 Å². The van der Waals surface area contributed by atoms with Gasteiger partial charge in [0.15, 0.2) is 0 Å². The molecule has 3 heteroatoms. The van der Waals surface area contributed by atoms with Crippen molar-refractivity contribution in [2.24, 2.45) is 0 Å². The number of nitrogens with zero attached hydrogens (tertiary/aromatic N) is 2. The summed E-state index contributed by atoms with van der Waals surface area (Å²) in [6.45, 7) is 0. The molecule has 0 saturated carbocycles. The van der Waals surface area contributed by atoms with E-state index in [-0.39, 0.29) is 0 Å². The summed E-state index contributed by atoms with van der Waals surface area (Å²) in [5, 5.41) is 12.6. The third-order valence-electron chi connectivity index (χ3n) is 10.5. The van der Waals surface area contributed by atoms with Gasteiger partial charge in [-0.05, 0) is 75.5 Å². The van der Waals surface area contributed by atoms with Crippen molar-refractivity contribution in [3.05, 3.63) is 182 Å².